The number of benzene rings is 1. The fraction of sp³-hybridized carbons (Fsp3) is 0.462. The molecule has 1 aromatic carbocycles. The molecule has 0 spiro atoms. The van der Waals surface area contributed by atoms with Crippen LogP contribution in [0.15, 0.2) is 18.2 Å². The molecule has 0 bridgehead atoms. The fourth-order valence-electron chi connectivity index (χ4n) is 2.77. The normalized spacial score (nSPS) is 22.1. The summed E-state index contributed by atoms with van der Waals surface area (Å²) in [6.45, 7) is 2.63. The highest BCUT2D eigenvalue weighted by atomic mass is 32.2. The summed E-state index contributed by atoms with van der Waals surface area (Å²) in [6, 6.07) is 5.95. The van der Waals surface area contributed by atoms with Gasteiger partial charge in [-0.2, -0.15) is 0 Å². The van der Waals surface area contributed by atoms with Gasteiger partial charge < -0.3 is 10.3 Å². The van der Waals surface area contributed by atoms with E-state index >= 15 is 0 Å². The van der Waals surface area contributed by atoms with Gasteiger partial charge in [0.2, 0.25) is 5.95 Å². The summed E-state index contributed by atoms with van der Waals surface area (Å²) < 4.78 is 25.0. The van der Waals surface area contributed by atoms with E-state index in [0.717, 1.165) is 16.6 Å². The Morgan fingerprint density at radius 3 is 2.95 bits per heavy atom. The van der Waals surface area contributed by atoms with Crippen molar-refractivity contribution in [3.05, 3.63) is 23.8 Å². The first-order valence-electron chi connectivity index (χ1n) is 6.38. The Labute approximate surface area is 112 Å². The molecule has 1 saturated heterocycles. The van der Waals surface area contributed by atoms with Crippen molar-refractivity contribution in [3.63, 3.8) is 0 Å². The number of nitrogen functional groups attached to an aromatic ring is 1. The molecule has 3 rings (SSSR count). The molecule has 1 aromatic heterocycles. The first-order valence-corrected chi connectivity index (χ1v) is 8.20. The molecule has 1 atom stereocenters. The van der Waals surface area contributed by atoms with Crippen molar-refractivity contribution in [3.8, 4) is 0 Å². The third-order valence-electron chi connectivity index (χ3n) is 3.78. The van der Waals surface area contributed by atoms with E-state index in [1.165, 1.54) is 0 Å². The predicted molar refractivity (Wildman–Crippen MR) is 75.6 cm³/mol. The number of aryl methyl sites for hydroxylation is 1. The molecular formula is C13H17N3O2S. The van der Waals surface area contributed by atoms with Gasteiger partial charge in [0.15, 0.2) is 9.84 Å². The molecule has 2 N–H and O–H groups in total. The Balaban J connectivity index is 1.97. The maximum Gasteiger partial charge on any atom is 0.201 e. The van der Waals surface area contributed by atoms with Crippen LogP contribution in [0.2, 0.25) is 0 Å². The van der Waals surface area contributed by atoms with Crippen LogP contribution in [0.1, 0.15) is 12.0 Å². The summed E-state index contributed by atoms with van der Waals surface area (Å²) in [5.74, 6) is 1.17. The Morgan fingerprint density at radius 2 is 2.26 bits per heavy atom. The monoisotopic (exact) mass is 279 g/mol. The second-order valence-corrected chi connectivity index (χ2v) is 7.52. The first kappa shape index (κ1) is 12.5. The minimum Gasteiger partial charge on any atom is -0.369 e. The SMILES string of the molecule is Cc1cccc2c1nc(N)n2CC1CCS(=O)(=O)C1. The number of nitrogens with zero attached hydrogens (tertiary/aromatic N) is 2. The number of fused-ring (bicyclic) bond motifs is 1. The van der Waals surface area contributed by atoms with Crippen LogP contribution < -0.4 is 5.73 Å². The van der Waals surface area contributed by atoms with Gasteiger partial charge in [-0.3, -0.25) is 0 Å². The molecular weight excluding hydrogens is 262 g/mol. The molecule has 2 heterocycles. The van der Waals surface area contributed by atoms with Gasteiger partial charge in [-0.15, -0.1) is 0 Å². The topological polar surface area (TPSA) is 78.0 Å². The summed E-state index contributed by atoms with van der Waals surface area (Å²) in [5, 5.41) is 0. The van der Waals surface area contributed by atoms with Crippen LogP contribution in [0.4, 0.5) is 5.95 Å². The lowest BCUT2D eigenvalue weighted by atomic mass is 10.1. The minimum atomic E-state index is -2.85. The molecule has 2 aromatic rings. The zero-order chi connectivity index (χ0) is 13.6. The summed E-state index contributed by atoms with van der Waals surface area (Å²) in [4.78, 5) is 4.38. The van der Waals surface area contributed by atoms with Gasteiger partial charge in [-0.05, 0) is 30.9 Å². The van der Waals surface area contributed by atoms with Crippen molar-refractivity contribution in [1.29, 1.82) is 0 Å². The van der Waals surface area contributed by atoms with Gasteiger partial charge >= 0.3 is 0 Å². The van der Waals surface area contributed by atoms with Crippen molar-refractivity contribution in [2.24, 2.45) is 5.92 Å². The van der Waals surface area contributed by atoms with Crippen LogP contribution in [0.25, 0.3) is 11.0 Å². The Hall–Kier alpha value is -1.56. The molecule has 0 aliphatic carbocycles. The lowest BCUT2D eigenvalue weighted by Gasteiger charge is -2.11. The maximum absolute atomic E-state index is 11.5. The third kappa shape index (κ3) is 2.20. The van der Waals surface area contributed by atoms with Crippen molar-refractivity contribution >= 4 is 26.8 Å². The zero-order valence-corrected chi connectivity index (χ0v) is 11.7. The largest absolute Gasteiger partial charge is 0.369 e. The average Bonchev–Trinajstić information content (AvgIpc) is 2.83. The number of sulfone groups is 1. The average molecular weight is 279 g/mol. The minimum absolute atomic E-state index is 0.144. The van der Waals surface area contributed by atoms with E-state index in [1.54, 1.807) is 0 Å². The molecule has 0 radical (unpaired) electrons. The summed E-state index contributed by atoms with van der Waals surface area (Å²) >= 11 is 0. The van der Waals surface area contributed by atoms with Crippen LogP contribution in [-0.2, 0) is 16.4 Å². The first-order chi connectivity index (χ1) is 8.96. The van der Waals surface area contributed by atoms with Crippen LogP contribution >= 0.6 is 0 Å². The molecule has 102 valence electrons. The van der Waals surface area contributed by atoms with Gasteiger partial charge in [-0.1, -0.05) is 12.1 Å². The lowest BCUT2D eigenvalue weighted by Crippen LogP contribution is -2.14. The molecule has 19 heavy (non-hydrogen) atoms. The standard InChI is InChI=1S/C13H17N3O2S/c1-9-3-2-4-11-12(9)15-13(14)16(11)7-10-5-6-19(17,18)8-10/h2-4,10H,5-8H2,1H3,(H2,14,15). The summed E-state index contributed by atoms with van der Waals surface area (Å²) in [5.41, 5.74) is 8.95. The van der Waals surface area contributed by atoms with Crippen LogP contribution in [-0.4, -0.2) is 29.5 Å². The Morgan fingerprint density at radius 1 is 1.47 bits per heavy atom. The Kier molecular flexibility index (Phi) is 2.78. The number of aromatic nitrogens is 2. The number of imidazole rings is 1. The highest BCUT2D eigenvalue weighted by molar-refractivity contribution is 7.91. The number of hydrogen-bond acceptors (Lipinski definition) is 4. The van der Waals surface area contributed by atoms with Crippen LogP contribution in [0, 0.1) is 12.8 Å². The molecule has 5 nitrogen and oxygen atoms in total. The van der Waals surface area contributed by atoms with Gasteiger partial charge in [0.25, 0.3) is 0 Å². The zero-order valence-electron chi connectivity index (χ0n) is 10.8. The quantitative estimate of drug-likeness (QED) is 0.900. The second-order valence-electron chi connectivity index (χ2n) is 5.29. The highest BCUT2D eigenvalue weighted by Gasteiger charge is 2.28. The van der Waals surface area contributed by atoms with Crippen molar-refractivity contribution in [1.82, 2.24) is 9.55 Å². The molecule has 1 aliphatic heterocycles. The number of hydrogen-bond donors (Lipinski definition) is 1. The second kappa shape index (κ2) is 4.23. The summed E-state index contributed by atoms with van der Waals surface area (Å²) in [7, 11) is -2.85. The highest BCUT2D eigenvalue weighted by Crippen LogP contribution is 2.26. The third-order valence-corrected chi connectivity index (χ3v) is 5.61. The maximum atomic E-state index is 11.5. The van der Waals surface area contributed by atoms with Crippen LogP contribution in [0.3, 0.4) is 0 Å². The van der Waals surface area contributed by atoms with E-state index in [-0.39, 0.29) is 11.7 Å². The molecule has 6 heteroatoms. The predicted octanol–water partition coefficient (Wildman–Crippen LogP) is 1.36. The van der Waals surface area contributed by atoms with Crippen molar-refractivity contribution in [2.45, 2.75) is 19.9 Å². The van der Waals surface area contributed by atoms with Crippen LogP contribution in [0.5, 0.6) is 0 Å². The summed E-state index contributed by atoms with van der Waals surface area (Å²) in [6.07, 6.45) is 0.716. The van der Waals surface area contributed by atoms with Crippen molar-refractivity contribution < 1.29 is 8.42 Å². The molecule has 0 amide bonds. The number of para-hydroxylation sites is 1. The Bertz CT molecular complexity index is 734. The number of anilines is 1. The lowest BCUT2D eigenvalue weighted by molar-refractivity contribution is 0.503. The molecule has 1 aliphatic rings. The van der Waals surface area contributed by atoms with Gasteiger partial charge in [0.1, 0.15) is 0 Å². The van der Waals surface area contributed by atoms with Gasteiger partial charge in [0.05, 0.1) is 22.5 Å². The molecule has 1 fully saturated rings. The van der Waals surface area contributed by atoms with E-state index in [0.29, 0.717) is 24.7 Å². The molecule has 0 saturated carbocycles. The van der Waals surface area contributed by atoms with Crippen molar-refractivity contribution in [2.75, 3.05) is 17.2 Å². The smallest absolute Gasteiger partial charge is 0.201 e. The van der Waals surface area contributed by atoms with E-state index in [4.69, 9.17) is 5.73 Å². The van der Waals surface area contributed by atoms with E-state index in [1.807, 2.05) is 29.7 Å². The molecule has 1 unspecified atom stereocenters. The fourth-order valence-corrected chi connectivity index (χ4v) is 4.62. The van der Waals surface area contributed by atoms with Gasteiger partial charge in [0, 0.05) is 6.54 Å². The van der Waals surface area contributed by atoms with E-state index in [9.17, 15) is 8.42 Å². The number of nitrogens with two attached hydrogens (primary N) is 1. The van der Waals surface area contributed by atoms with E-state index in [2.05, 4.69) is 4.98 Å². The van der Waals surface area contributed by atoms with Gasteiger partial charge in [-0.25, -0.2) is 13.4 Å². The number of rotatable bonds is 2. The van der Waals surface area contributed by atoms with E-state index < -0.39 is 9.84 Å².